The van der Waals surface area contributed by atoms with Crippen molar-refractivity contribution in [1.82, 2.24) is 9.03 Å². The van der Waals surface area contributed by atoms with Crippen LogP contribution in [0, 0.1) is 0 Å². The van der Waals surface area contributed by atoms with Gasteiger partial charge in [-0.3, -0.25) is 0 Å². The van der Waals surface area contributed by atoms with Crippen LogP contribution in [0.5, 0.6) is 0 Å². The minimum atomic E-state index is -3.86. The van der Waals surface area contributed by atoms with Crippen molar-refractivity contribution in [2.24, 2.45) is 0 Å². The van der Waals surface area contributed by atoms with E-state index in [1.165, 1.54) is 18.4 Å². The van der Waals surface area contributed by atoms with Gasteiger partial charge in [0, 0.05) is 28.3 Å². The van der Waals surface area contributed by atoms with Crippen molar-refractivity contribution in [2.45, 2.75) is 6.54 Å². The number of methoxy groups -OCH3 is 1. The second-order valence-electron chi connectivity index (χ2n) is 3.09. The highest BCUT2D eigenvalue weighted by Gasteiger charge is 2.21. The molecule has 1 rings (SSSR count). The molecule has 0 aliphatic heterocycles. The summed E-state index contributed by atoms with van der Waals surface area (Å²) < 4.78 is 31.2. The summed E-state index contributed by atoms with van der Waals surface area (Å²) in [6, 6.07) is 1.81. The van der Waals surface area contributed by atoms with Crippen molar-refractivity contribution in [3.05, 3.63) is 20.8 Å². The molecule has 1 aromatic heterocycles. The van der Waals surface area contributed by atoms with Crippen molar-refractivity contribution >= 4 is 43.6 Å². The van der Waals surface area contributed by atoms with Crippen LogP contribution in [0.25, 0.3) is 0 Å². The number of ether oxygens (including phenoxy) is 1. The average Bonchev–Trinajstić information content (AvgIpc) is 2.63. The van der Waals surface area contributed by atoms with Crippen molar-refractivity contribution in [1.29, 1.82) is 0 Å². The molecule has 9 heteroatoms. The molecule has 0 fully saturated rings. The molecule has 0 bridgehead atoms. The van der Waals surface area contributed by atoms with Crippen LogP contribution in [-0.2, 0) is 21.5 Å². The van der Waals surface area contributed by atoms with Crippen LogP contribution < -0.4 is 4.72 Å². The van der Waals surface area contributed by atoms with Gasteiger partial charge in [-0.05, 0) is 22.0 Å². The molecule has 6 nitrogen and oxygen atoms in total. The van der Waals surface area contributed by atoms with Gasteiger partial charge in [-0.25, -0.2) is 9.52 Å². The summed E-state index contributed by atoms with van der Waals surface area (Å²) in [5, 5.41) is 1.85. The molecule has 1 amide bonds. The number of amides is 1. The third-order valence-electron chi connectivity index (χ3n) is 1.81. The first-order valence-corrected chi connectivity index (χ1v) is 7.51. The van der Waals surface area contributed by atoms with Crippen LogP contribution in [0.4, 0.5) is 4.79 Å². The molecule has 0 saturated heterocycles. The molecule has 96 valence electrons. The zero-order valence-corrected chi connectivity index (χ0v) is 12.4. The molecule has 17 heavy (non-hydrogen) atoms. The first-order valence-electron chi connectivity index (χ1n) is 4.40. The molecular weight excluding hydrogens is 332 g/mol. The van der Waals surface area contributed by atoms with E-state index in [9.17, 15) is 13.2 Å². The van der Waals surface area contributed by atoms with Crippen LogP contribution in [-0.4, -0.2) is 33.0 Å². The fraction of sp³-hybridized carbons (Fsp3) is 0.375. The molecule has 0 atom stereocenters. The number of nitrogens with zero attached hydrogens (tertiary/aromatic N) is 1. The minimum absolute atomic E-state index is 0.183. The second kappa shape index (κ2) is 5.80. The van der Waals surface area contributed by atoms with Gasteiger partial charge in [0.1, 0.15) is 0 Å². The molecule has 0 spiro atoms. The average molecular weight is 343 g/mol. The summed E-state index contributed by atoms with van der Waals surface area (Å²) in [6.07, 6.45) is -1.01. The molecule has 0 saturated carbocycles. The smallest absolute Gasteiger partial charge is 0.421 e. The van der Waals surface area contributed by atoms with Crippen molar-refractivity contribution in [3.63, 3.8) is 0 Å². The van der Waals surface area contributed by atoms with Gasteiger partial charge in [0.2, 0.25) is 0 Å². The fourth-order valence-corrected chi connectivity index (χ4v) is 3.31. The predicted molar refractivity (Wildman–Crippen MR) is 67.9 cm³/mol. The number of thiophene rings is 1. The minimum Gasteiger partial charge on any atom is -0.452 e. The summed E-state index contributed by atoms with van der Waals surface area (Å²) in [6.45, 7) is 0.183. The monoisotopic (exact) mass is 342 g/mol. The molecule has 0 radical (unpaired) electrons. The normalized spacial score (nSPS) is 11.5. The van der Waals surface area contributed by atoms with Crippen molar-refractivity contribution in [3.8, 4) is 0 Å². The van der Waals surface area contributed by atoms with E-state index in [1.54, 1.807) is 4.72 Å². The topological polar surface area (TPSA) is 75.7 Å². The molecule has 0 aromatic carbocycles. The lowest BCUT2D eigenvalue weighted by Gasteiger charge is -2.15. The zero-order valence-electron chi connectivity index (χ0n) is 9.14. The molecule has 1 heterocycles. The number of rotatable bonds is 4. The number of hydrogen-bond donors (Lipinski definition) is 1. The van der Waals surface area contributed by atoms with E-state index in [-0.39, 0.29) is 6.54 Å². The Balaban J connectivity index is 2.69. The Hall–Kier alpha value is -0.640. The summed E-state index contributed by atoms with van der Waals surface area (Å²) in [7, 11) is -1.39. The molecule has 1 N–H and O–H groups in total. The Labute approximate surface area is 112 Å². The highest BCUT2D eigenvalue weighted by atomic mass is 79.9. The summed E-state index contributed by atoms with van der Waals surface area (Å²) in [4.78, 5) is 11.7. The molecule has 0 unspecified atom stereocenters. The Morgan fingerprint density at radius 3 is 2.76 bits per heavy atom. The highest BCUT2D eigenvalue weighted by Crippen LogP contribution is 2.21. The van der Waals surface area contributed by atoms with Gasteiger partial charge in [0.25, 0.3) is 0 Å². The van der Waals surface area contributed by atoms with Gasteiger partial charge in [0.15, 0.2) is 0 Å². The maximum atomic E-state index is 11.6. The SMILES string of the molecule is COC(=O)NS(=O)(=O)N(C)Cc1cc(Br)cs1. The van der Waals surface area contributed by atoms with E-state index in [4.69, 9.17) is 0 Å². The van der Waals surface area contributed by atoms with Crippen molar-refractivity contribution < 1.29 is 17.9 Å². The third-order valence-corrected chi connectivity index (χ3v) is 4.87. The Morgan fingerprint density at radius 2 is 2.29 bits per heavy atom. The van der Waals surface area contributed by atoms with Crippen LogP contribution in [0.3, 0.4) is 0 Å². The summed E-state index contributed by atoms with van der Waals surface area (Å²) >= 11 is 4.70. The van der Waals surface area contributed by atoms with Crippen LogP contribution in [0.15, 0.2) is 15.9 Å². The molecular formula is C8H11BrN2O4S2. The number of nitrogens with one attached hydrogen (secondary N) is 1. The van der Waals surface area contributed by atoms with E-state index >= 15 is 0 Å². The fourth-order valence-electron chi connectivity index (χ4n) is 0.966. The Bertz CT molecular complexity index is 499. The standard InChI is InChI=1S/C8H11BrN2O4S2/c1-11(4-7-3-6(9)5-16-7)17(13,14)10-8(12)15-2/h3,5H,4H2,1-2H3,(H,10,12). The number of halogens is 1. The molecule has 0 aliphatic rings. The van der Waals surface area contributed by atoms with Gasteiger partial charge in [-0.1, -0.05) is 0 Å². The van der Waals surface area contributed by atoms with E-state index < -0.39 is 16.3 Å². The van der Waals surface area contributed by atoms with E-state index in [0.717, 1.165) is 20.8 Å². The number of hydrogen-bond acceptors (Lipinski definition) is 5. The van der Waals surface area contributed by atoms with Gasteiger partial charge in [-0.2, -0.15) is 12.7 Å². The molecule has 0 aliphatic carbocycles. The predicted octanol–water partition coefficient (Wildman–Crippen LogP) is 1.54. The zero-order chi connectivity index (χ0) is 13.1. The maximum Gasteiger partial charge on any atom is 0.421 e. The Morgan fingerprint density at radius 1 is 1.65 bits per heavy atom. The van der Waals surface area contributed by atoms with Gasteiger partial charge in [0.05, 0.1) is 7.11 Å². The second-order valence-corrected chi connectivity index (χ2v) is 6.78. The van der Waals surface area contributed by atoms with Crippen LogP contribution in [0.2, 0.25) is 0 Å². The third kappa shape index (κ3) is 4.26. The maximum absolute atomic E-state index is 11.6. The lowest BCUT2D eigenvalue weighted by molar-refractivity contribution is 0.177. The van der Waals surface area contributed by atoms with Crippen molar-refractivity contribution in [2.75, 3.05) is 14.2 Å². The van der Waals surface area contributed by atoms with Crippen LogP contribution in [0.1, 0.15) is 4.88 Å². The number of carbonyl (C=O) groups is 1. The summed E-state index contributed by atoms with van der Waals surface area (Å²) in [5.74, 6) is 0. The first-order chi connectivity index (χ1) is 7.85. The number of carbonyl (C=O) groups excluding carboxylic acids is 1. The van der Waals surface area contributed by atoms with E-state index in [2.05, 4.69) is 20.7 Å². The molecule has 1 aromatic rings. The van der Waals surface area contributed by atoms with Gasteiger partial charge >= 0.3 is 16.3 Å². The highest BCUT2D eigenvalue weighted by molar-refractivity contribution is 9.10. The van der Waals surface area contributed by atoms with Gasteiger partial charge in [-0.15, -0.1) is 11.3 Å². The first kappa shape index (κ1) is 14.4. The largest absolute Gasteiger partial charge is 0.452 e. The lowest BCUT2D eigenvalue weighted by atomic mass is 10.5. The van der Waals surface area contributed by atoms with Crippen LogP contribution >= 0.6 is 27.3 Å². The lowest BCUT2D eigenvalue weighted by Crippen LogP contribution is -2.40. The van der Waals surface area contributed by atoms with Gasteiger partial charge < -0.3 is 4.74 Å². The summed E-state index contributed by atoms with van der Waals surface area (Å²) in [5.41, 5.74) is 0. The van der Waals surface area contributed by atoms with E-state index in [0.29, 0.717) is 0 Å². The van der Waals surface area contributed by atoms with E-state index in [1.807, 2.05) is 11.4 Å². The Kier molecular flexibility index (Phi) is 4.92. The quantitative estimate of drug-likeness (QED) is 0.900.